The van der Waals surface area contributed by atoms with Gasteiger partial charge in [-0.3, -0.25) is 4.79 Å². The SMILES string of the molecule is CCC(C)C(=O)N=C1N(C(=O)O)C(=Cc2ccc(OC)cc2)C(Cc2ccc(OCc3ccccc3)cc2)N1C. The number of nitrogens with zero attached hydrogens (tertiary/aromatic N) is 3. The number of ether oxygens (including phenoxy) is 2. The molecule has 0 radical (unpaired) electrons. The van der Waals surface area contributed by atoms with Gasteiger partial charge < -0.3 is 19.5 Å². The number of carbonyl (C=O) groups is 2. The molecule has 1 aliphatic rings. The standard InChI is InChI=1S/C32H35N3O5/c1-5-22(2)30(36)33-31-34(3)28(29(35(31)32(37)38)20-24-11-15-26(39-4)16-12-24)19-23-13-17-27(18-14-23)40-21-25-9-7-6-8-10-25/h6-18,20,22,28H,5,19,21H2,1-4H3,(H,37,38). The van der Waals surface area contributed by atoms with E-state index in [1.54, 1.807) is 26.0 Å². The molecular weight excluding hydrogens is 506 g/mol. The third kappa shape index (κ3) is 6.69. The van der Waals surface area contributed by atoms with Crippen molar-refractivity contribution in [3.8, 4) is 11.5 Å². The second-order valence-corrected chi connectivity index (χ2v) is 9.77. The molecule has 2 atom stereocenters. The Morgan fingerprint density at radius 1 is 0.975 bits per heavy atom. The van der Waals surface area contributed by atoms with Gasteiger partial charge in [-0.05, 0) is 59.9 Å². The Morgan fingerprint density at radius 3 is 2.23 bits per heavy atom. The molecule has 3 aromatic rings. The minimum Gasteiger partial charge on any atom is -0.497 e. The summed E-state index contributed by atoms with van der Waals surface area (Å²) in [6, 6.07) is 24.7. The van der Waals surface area contributed by atoms with Crippen LogP contribution in [0.25, 0.3) is 6.08 Å². The van der Waals surface area contributed by atoms with E-state index < -0.39 is 6.09 Å². The highest BCUT2D eigenvalue weighted by Crippen LogP contribution is 2.31. The fraction of sp³-hybridized carbons (Fsp3) is 0.281. The molecular formula is C32H35N3O5. The first kappa shape index (κ1) is 28.4. The normalized spacial score (nSPS) is 17.8. The van der Waals surface area contributed by atoms with Gasteiger partial charge in [-0.25, -0.2) is 9.69 Å². The maximum Gasteiger partial charge on any atom is 0.418 e. The van der Waals surface area contributed by atoms with Crippen molar-refractivity contribution in [1.82, 2.24) is 9.80 Å². The van der Waals surface area contributed by atoms with E-state index in [1.807, 2.05) is 91.9 Å². The summed E-state index contributed by atoms with van der Waals surface area (Å²) in [6.07, 6.45) is 1.73. The van der Waals surface area contributed by atoms with E-state index in [1.165, 1.54) is 0 Å². The summed E-state index contributed by atoms with van der Waals surface area (Å²) in [5, 5.41) is 10.2. The predicted octanol–water partition coefficient (Wildman–Crippen LogP) is 6.08. The van der Waals surface area contributed by atoms with Crippen LogP contribution in [-0.2, 0) is 17.8 Å². The van der Waals surface area contributed by atoms with Crippen LogP contribution in [0.15, 0.2) is 89.6 Å². The molecule has 0 aliphatic carbocycles. The number of guanidine groups is 1. The molecule has 0 aromatic heterocycles. The molecule has 8 heteroatoms. The monoisotopic (exact) mass is 541 g/mol. The number of rotatable bonds is 9. The van der Waals surface area contributed by atoms with Gasteiger partial charge in [0.15, 0.2) is 0 Å². The van der Waals surface area contributed by atoms with Crippen LogP contribution >= 0.6 is 0 Å². The molecule has 1 N–H and O–H groups in total. The lowest BCUT2D eigenvalue weighted by Crippen LogP contribution is -2.37. The molecule has 2 unspecified atom stereocenters. The molecule has 40 heavy (non-hydrogen) atoms. The average Bonchev–Trinajstić information content (AvgIpc) is 3.22. The third-order valence-corrected chi connectivity index (χ3v) is 7.05. The fourth-order valence-electron chi connectivity index (χ4n) is 4.43. The summed E-state index contributed by atoms with van der Waals surface area (Å²) in [4.78, 5) is 32.5. The molecule has 1 aliphatic heterocycles. The lowest BCUT2D eigenvalue weighted by Gasteiger charge is -2.21. The molecule has 208 valence electrons. The summed E-state index contributed by atoms with van der Waals surface area (Å²) in [5.74, 6) is 0.890. The van der Waals surface area contributed by atoms with Crippen LogP contribution in [0.4, 0.5) is 4.79 Å². The number of likely N-dealkylation sites (N-methyl/N-ethyl adjacent to an activating group) is 1. The van der Waals surface area contributed by atoms with Crippen molar-refractivity contribution in [3.05, 3.63) is 101 Å². The van der Waals surface area contributed by atoms with Crippen LogP contribution in [0.1, 0.15) is 37.0 Å². The number of carboxylic acid groups (broad SMARTS) is 1. The van der Waals surface area contributed by atoms with Crippen LogP contribution in [-0.4, -0.2) is 53.1 Å². The van der Waals surface area contributed by atoms with Crippen molar-refractivity contribution in [2.24, 2.45) is 10.9 Å². The second kappa shape index (κ2) is 13.0. The van der Waals surface area contributed by atoms with Crippen molar-refractivity contribution in [2.45, 2.75) is 39.3 Å². The van der Waals surface area contributed by atoms with Gasteiger partial charge in [0, 0.05) is 13.0 Å². The average molecular weight is 542 g/mol. The van der Waals surface area contributed by atoms with Gasteiger partial charge in [0.1, 0.15) is 18.1 Å². The lowest BCUT2D eigenvalue weighted by atomic mass is 10.0. The van der Waals surface area contributed by atoms with E-state index in [9.17, 15) is 14.7 Å². The summed E-state index contributed by atoms with van der Waals surface area (Å²) in [5.41, 5.74) is 3.39. The molecule has 2 amide bonds. The number of methoxy groups -OCH3 is 1. The van der Waals surface area contributed by atoms with Crippen molar-refractivity contribution in [1.29, 1.82) is 0 Å². The first-order valence-corrected chi connectivity index (χ1v) is 13.3. The zero-order chi connectivity index (χ0) is 28.6. The highest BCUT2D eigenvalue weighted by molar-refractivity contribution is 6.04. The molecule has 1 heterocycles. The second-order valence-electron chi connectivity index (χ2n) is 9.77. The van der Waals surface area contributed by atoms with Gasteiger partial charge in [0.2, 0.25) is 5.96 Å². The summed E-state index contributed by atoms with van der Waals surface area (Å²) < 4.78 is 11.2. The molecule has 0 bridgehead atoms. The molecule has 3 aromatic carbocycles. The topological polar surface area (TPSA) is 91.7 Å². The maximum absolute atomic E-state index is 12.8. The Kier molecular flexibility index (Phi) is 9.22. The smallest absolute Gasteiger partial charge is 0.418 e. The van der Waals surface area contributed by atoms with Crippen molar-refractivity contribution >= 4 is 24.0 Å². The molecule has 4 rings (SSSR count). The Labute approximate surface area is 235 Å². The molecule has 8 nitrogen and oxygen atoms in total. The number of carbonyl (C=O) groups excluding carboxylic acids is 1. The van der Waals surface area contributed by atoms with Crippen LogP contribution in [0.2, 0.25) is 0 Å². The lowest BCUT2D eigenvalue weighted by molar-refractivity contribution is -0.121. The van der Waals surface area contributed by atoms with Crippen molar-refractivity contribution in [2.75, 3.05) is 14.2 Å². The van der Waals surface area contributed by atoms with Crippen molar-refractivity contribution in [3.63, 3.8) is 0 Å². The van der Waals surface area contributed by atoms with Crippen LogP contribution in [0.3, 0.4) is 0 Å². The summed E-state index contributed by atoms with van der Waals surface area (Å²) in [7, 11) is 3.37. The van der Waals surface area contributed by atoms with E-state index >= 15 is 0 Å². The van der Waals surface area contributed by atoms with Gasteiger partial charge in [-0.2, -0.15) is 4.99 Å². The minimum absolute atomic E-state index is 0.102. The highest BCUT2D eigenvalue weighted by Gasteiger charge is 2.42. The third-order valence-electron chi connectivity index (χ3n) is 7.05. The van der Waals surface area contributed by atoms with E-state index in [0.717, 1.165) is 27.3 Å². The zero-order valence-electron chi connectivity index (χ0n) is 23.3. The largest absolute Gasteiger partial charge is 0.497 e. The predicted molar refractivity (Wildman–Crippen MR) is 155 cm³/mol. The number of aliphatic imine (C=N–C) groups is 1. The zero-order valence-corrected chi connectivity index (χ0v) is 23.3. The summed E-state index contributed by atoms with van der Waals surface area (Å²) >= 11 is 0. The van der Waals surface area contributed by atoms with E-state index in [4.69, 9.17) is 9.47 Å². The Morgan fingerprint density at radius 2 is 1.62 bits per heavy atom. The van der Waals surface area contributed by atoms with Gasteiger partial charge in [0.25, 0.3) is 5.91 Å². The van der Waals surface area contributed by atoms with Gasteiger partial charge >= 0.3 is 6.09 Å². The first-order valence-electron chi connectivity index (χ1n) is 13.3. The quantitative estimate of drug-likeness (QED) is 0.353. The van der Waals surface area contributed by atoms with Crippen LogP contribution < -0.4 is 9.47 Å². The molecule has 1 fully saturated rings. The summed E-state index contributed by atoms with van der Waals surface area (Å²) in [6.45, 7) is 4.17. The number of benzene rings is 3. The van der Waals surface area contributed by atoms with E-state index in [-0.39, 0.29) is 23.8 Å². The first-order chi connectivity index (χ1) is 19.3. The molecule has 0 spiro atoms. The van der Waals surface area contributed by atoms with Gasteiger partial charge in [-0.15, -0.1) is 0 Å². The maximum atomic E-state index is 12.8. The van der Waals surface area contributed by atoms with Crippen molar-refractivity contribution < 1.29 is 24.2 Å². The highest BCUT2D eigenvalue weighted by atomic mass is 16.5. The Balaban J connectivity index is 1.64. The minimum atomic E-state index is -1.20. The van der Waals surface area contributed by atoms with Gasteiger partial charge in [-0.1, -0.05) is 68.4 Å². The number of hydrogen-bond acceptors (Lipinski definition) is 4. The van der Waals surface area contributed by atoms with Gasteiger partial charge in [0.05, 0.1) is 18.8 Å². The van der Waals surface area contributed by atoms with Crippen LogP contribution in [0.5, 0.6) is 11.5 Å². The Bertz CT molecular complexity index is 1370. The van der Waals surface area contributed by atoms with E-state index in [2.05, 4.69) is 4.99 Å². The van der Waals surface area contributed by atoms with E-state index in [0.29, 0.717) is 30.9 Å². The fourth-order valence-corrected chi connectivity index (χ4v) is 4.43. The number of amides is 2. The van der Waals surface area contributed by atoms with Crippen LogP contribution in [0, 0.1) is 5.92 Å². The molecule has 1 saturated heterocycles. The Hall–Kier alpha value is -4.59. The number of hydrogen-bond donors (Lipinski definition) is 1. The molecule has 0 saturated carbocycles.